The fourth-order valence-electron chi connectivity index (χ4n) is 2.63. The maximum Gasteiger partial charge on any atom is 0.254 e. The molecule has 0 saturated heterocycles. The van der Waals surface area contributed by atoms with Crippen LogP contribution in [0, 0.1) is 5.41 Å². The lowest BCUT2D eigenvalue weighted by molar-refractivity contribution is -0.115. The number of hydrogen-bond acceptors (Lipinski definition) is 4. The van der Waals surface area contributed by atoms with Crippen LogP contribution in [0.2, 0.25) is 0 Å². The number of amides is 1. The Morgan fingerprint density at radius 1 is 1.57 bits per heavy atom. The van der Waals surface area contributed by atoms with Crippen LogP contribution in [0.15, 0.2) is 16.7 Å². The SMILES string of the molecule is CCCCOC1CC(NC(=O)c2coc(CN)c2)C1(C)C. The van der Waals surface area contributed by atoms with Crippen LogP contribution in [-0.4, -0.2) is 24.7 Å². The second-order valence-electron chi connectivity index (χ2n) is 6.30. The normalized spacial score (nSPS) is 23.6. The largest absolute Gasteiger partial charge is 0.467 e. The Bertz CT molecular complexity index is 482. The average molecular weight is 294 g/mol. The number of nitrogens with one attached hydrogen (secondary N) is 1. The van der Waals surface area contributed by atoms with Gasteiger partial charge in [-0.25, -0.2) is 0 Å². The Labute approximate surface area is 126 Å². The van der Waals surface area contributed by atoms with Gasteiger partial charge in [-0.05, 0) is 18.9 Å². The Kier molecular flexibility index (Phi) is 5.06. The molecule has 0 aromatic carbocycles. The second kappa shape index (κ2) is 6.62. The fraction of sp³-hybridized carbons (Fsp3) is 0.688. The molecule has 2 rings (SSSR count). The molecule has 5 heteroatoms. The highest BCUT2D eigenvalue weighted by Gasteiger charge is 2.49. The molecule has 1 saturated carbocycles. The number of unbranched alkanes of at least 4 members (excludes halogenated alkanes) is 1. The topological polar surface area (TPSA) is 77.5 Å². The summed E-state index contributed by atoms with van der Waals surface area (Å²) >= 11 is 0. The van der Waals surface area contributed by atoms with Crippen molar-refractivity contribution in [3.8, 4) is 0 Å². The first kappa shape index (κ1) is 16.0. The predicted octanol–water partition coefficient (Wildman–Crippen LogP) is 2.45. The van der Waals surface area contributed by atoms with Crippen molar-refractivity contribution in [3.63, 3.8) is 0 Å². The Morgan fingerprint density at radius 2 is 2.33 bits per heavy atom. The van der Waals surface area contributed by atoms with E-state index < -0.39 is 0 Å². The number of ether oxygens (including phenoxy) is 1. The molecule has 1 fully saturated rings. The van der Waals surface area contributed by atoms with Crippen molar-refractivity contribution >= 4 is 5.91 Å². The van der Waals surface area contributed by atoms with Gasteiger partial charge in [0.05, 0.1) is 18.2 Å². The summed E-state index contributed by atoms with van der Waals surface area (Å²) in [6.45, 7) is 7.53. The average Bonchev–Trinajstić information content (AvgIpc) is 2.94. The van der Waals surface area contributed by atoms with Crippen LogP contribution in [0.25, 0.3) is 0 Å². The van der Waals surface area contributed by atoms with Gasteiger partial charge in [0.1, 0.15) is 12.0 Å². The predicted molar refractivity (Wildman–Crippen MR) is 80.9 cm³/mol. The van der Waals surface area contributed by atoms with Crippen LogP contribution in [0.1, 0.15) is 56.2 Å². The molecular weight excluding hydrogens is 268 g/mol. The lowest BCUT2D eigenvalue weighted by Gasteiger charge is -2.51. The van der Waals surface area contributed by atoms with E-state index in [1.165, 1.54) is 6.26 Å². The first-order chi connectivity index (χ1) is 9.98. The molecule has 1 aromatic heterocycles. The van der Waals surface area contributed by atoms with Crippen LogP contribution in [0.5, 0.6) is 0 Å². The molecule has 1 aromatic rings. The van der Waals surface area contributed by atoms with Gasteiger partial charge in [0.15, 0.2) is 0 Å². The monoisotopic (exact) mass is 294 g/mol. The number of carbonyl (C=O) groups excluding carboxylic acids is 1. The second-order valence-corrected chi connectivity index (χ2v) is 6.30. The molecule has 0 radical (unpaired) electrons. The van der Waals surface area contributed by atoms with Gasteiger partial charge in [-0.15, -0.1) is 0 Å². The van der Waals surface area contributed by atoms with Crippen molar-refractivity contribution in [2.75, 3.05) is 6.61 Å². The van der Waals surface area contributed by atoms with Gasteiger partial charge in [0.2, 0.25) is 0 Å². The van der Waals surface area contributed by atoms with Gasteiger partial charge in [-0.2, -0.15) is 0 Å². The van der Waals surface area contributed by atoms with Crippen LogP contribution in [0.4, 0.5) is 0 Å². The smallest absolute Gasteiger partial charge is 0.254 e. The quantitative estimate of drug-likeness (QED) is 0.757. The lowest BCUT2D eigenvalue weighted by Crippen LogP contribution is -2.62. The molecular formula is C16H26N2O3. The van der Waals surface area contributed by atoms with E-state index in [0.717, 1.165) is 25.9 Å². The summed E-state index contributed by atoms with van der Waals surface area (Å²) in [4.78, 5) is 12.2. The van der Waals surface area contributed by atoms with E-state index >= 15 is 0 Å². The summed E-state index contributed by atoms with van der Waals surface area (Å²) < 4.78 is 11.1. The highest BCUT2D eigenvalue weighted by Crippen LogP contribution is 2.43. The Morgan fingerprint density at radius 3 is 2.90 bits per heavy atom. The van der Waals surface area contributed by atoms with E-state index in [-0.39, 0.29) is 23.5 Å². The van der Waals surface area contributed by atoms with Gasteiger partial charge in [-0.1, -0.05) is 27.2 Å². The van der Waals surface area contributed by atoms with Crippen LogP contribution in [0.3, 0.4) is 0 Å². The number of carbonyl (C=O) groups is 1. The molecule has 118 valence electrons. The Hall–Kier alpha value is -1.33. The summed E-state index contributed by atoms with van der Waals surface area (Å²) in [5, 5.41) is 3.06. The number of nitrogens with two attached hydrogens (primary N) is 1. The van der Waals surface area contributed by atoms with Crippen LogP contribution < -0.4 is 11.1 Å². The molecule has 0 aliphatic heterocycles. The van der Waals surface area contributed by atoms with Gasteiger partial charge >= 0.3 is 0 Å². The van der Waals surface area contributed by atoms with Gasteiger partial charge in [0.25, 0.3) is 5.91 Å². The highest BCUT2D eigenvalue weighted by molar-refractivity contribution is 5.94. The minimum atomic E-state index is -0.108. The zero-order valence-corrected chi connectivity index (χ0v) is 13.1. The first-order valence-electron chi connectivity index (χ1n) is 7.69. The molecule has 3 N–H and O–H groups in total. The van der Waals surface area contributed by atoms with Crippen molar-refractivity contribution < 1.29 is 13.9 Å². The van der Waals surface area contributed by atoms with E-state index in [1.807, 2.05) is 0 Å². The van der Waals surface area contributed by atoms with Crippen molar-refractivity contribution in [2.45, 2.75) is 58.7 Å². The molecule has 2 atom stereocenters. The summed E-state index contributed by atoms with van der Waals surface area (Å²) in [6, 6.07) is 1.82. The maximum atomic E-state index is 12.2. The van der Waals surface area contributed by atoms with E-state index in [9.17, 15) is 4.79 Å². The minimum Gasteiger partial charge on any atom is -0.467 e. The fourth-order valence-corrected chi connectivity index (χ4v) is 2.63. The van der Waals surface area contributed by atoms with Crippen LogP contribution >= 0.6 is 0 Å². The maximum absolute atomic E-state index is 12.2. The van der Waals surface area contributed by atoms with Gasteiger partial charge in [0, 0.05) is 18.1 Å². The molecule has 1 aliphatic carbocycles. The van der Waals surface area contributed by atoms with E-state index in [1.54, 1.807) is 6.07 Å². The zero-order valence-electron chi connectivity index (χ0n) is 13.1. The lowest BCUT2D eigenvalue weighted by atomic mass is 9.64. The number of furan rings is 1. The van der Waals surface area contributed by atoms with Crippen LogP contribution in [-0.2, 0) is 11.3 Å². The summed E-state index contributed by atoms with van der Waals surface area (Å²) in [7, 11) is 0. The van der Waals surface area contributed by atoms with Crippen molar-refractivity contribution in [3.05, 3.63) is 23.7 Å². The summed E-state index contributed by atoms with van der Waals surface area (Å²) in [5.74, 6) is 0.511. The Balaban J connectivity index is 1.85. The standard InChI is InChI=1S/C16H26N2O3/c1-4-5-6-20-14-8-13(16(14,2)3)18-15(19)11-7-12(9-17)21-10-11/h7,10,13-14H,4-6,8-9,17H2,1-3H3,(H,18,19). The van der Waals surface area contributed by atoms with Crippen molar-refractivity contribution in [1.29, 1.82) is 0 Å². The zero-order chi connectivity index (χ0) is 15.5. The molecule has 5 nitrogen and oxygen atoms in total. The van der Waals surface area contributed by atoms with Crippen molar-refractivity contribution in [2.24, 2.45) is 11.1 Å². The van der Waals surface area contributed by atoms with E-state index in [0.29, 0.717) is 17.9 Å². The molecule has 21 heavy (non-hydrogen) atoms. The highest BCUT2D eigenvalue weighted by atomic mass is 16.5. The molecule has 1 aliphatic rings. The van der Waals surface area contributed by atoms with Gasteiger partial charge < -0.3 is 20.2 Å². The third kappa shape index (κ3) is 3.47. The number of rotatable bonds is 7. The first-order valence-corrected chi connectivity index (χ1v) is 7.69. The third-order valence-electron chi connectivity index (χ3n) is 4.42. The third-order valence-corrected chi connectivity index (χ3v) is 4.42. The summed E-state index contributed by atoms with van der Waals surface area (Å²) in [6.07, 6.45) is 4.76. The van der Waals surface area contributed by atoms with E-state index in [2.05, 4.69) is 26.1 Å². The molecule has 0 spiro atoms. The van der Waals surface area contributed by atoms with Crippen molar-refractivity contribution in [1.82, 2.24) is 5.32 Å². The summed E-state index contributed by atoms with van der Waals surface area (Å²) in [5.41, 5.74) is 5.97. The minimum absolute atomic E-state index is 0.0379. The molecule has 2 unspecified atom stereocenters. The molecule has 0 bridgehead atoms. The number of hydrogen-bond donors (Lipinski definition) is 2. The van der Waals surface area contributed by atoms with Gasteiger partial charge in [-0.3, -0.25) is 4.79 Å². The molecule has 1 amide bonds. The molecule has 1 heterocycles. The van der Waals surface area contributed by atoms with E-state index in [4.69, 9.17) is 14.9 Å².